The molecule has 21 heavy (non-hydrogen) atoms. The standard InChI is InChI=1S/C11H15F2NO5S2/c1-2-4-20(15,16)5-3-19-11-9(13)6-8(12)7-10(11)21(14,17)18/h6-7H,2-5H2,1H3,(H2,14,17,18). The van der Waals surface area contributed by atoms with Gasteiger partial charge in [-0.05, 0) is 12.5 Å². The van der Waals surface area contributed by atoms with Gasteiger partial charge in [-0.15, -0.1) is 0 Å². The molecule has 0 spiro atoms. The highest BCUT2D eigenvalue weighted by atomic mass is 32.2. The average molecular weight is 343 g/mol. The average Bonchev–Trinajstić information content (AvgIpc) is 2.29. The molecule has 0 heterocycles. The van der Waals surface area contributed by atoms with Crippen molar-refractivity contribution in [1.29, 1.82) is 0 Å². The van der Waals surface area contributed by atoms with Crippen molar-refractivity contribution in [2.24, 2.45) is 5.14 Å². The summed E-state index contributed by atoms with van der Waals surface area (Å²) in [5, 5.41) is 4.84. The summed E-state index contributed by atoms with van der Waals surface area (Å²) in [6.07, 6.45) is 0.412. The number of halogens is 2. The molecule has 0 atom stereocenters. The summed E-state index contributed by atoms with van der Waals surface area (Å²) in [6.45, 7) is 1.21. The summed E-state index contributed by atoms with van der Waals surface area (Å²) in [4.78, 5) is -0.868. The van der Waals surface area contributed by atoms with Crippen molar-refractivity contribution in [3.8, 4) is 5.75 Å². The van der Waals surface area contributed by atoms with Gasteiger partial charge in [0.05, 0.1) is 11.5 Å². The van der Waals surface area contributed by atoms with Crippen molar-refractivity contribution in [2.75, 3.05) is 18.1 Å². The number of hydrogen-bond donors (Lipinski definition) is 1. The Kier molecular flexibility index (Phi) is 5.65. The molecule has 0 aliphatic carbocycles. The van der Waals surface area contributed by atoms with E-state index in [9.17, 15) is 25.6 Å². The maximum Gasteiger partial charge on any atom is 0.241 e. The third kappa shape index (κ3) is 5.21. The molecule has 1 aromatic carbocycles. The second kappa shape index (κ2) is 6.67. The van der Waals surface area contributed by atoms with E-state index >= 15 is 0 Å². The predicted octanol–water partition coefficient (Wildman–Crippen LogP) is 0.816. The van der Waals surface area contributed by atoms with Crippen molar-refractivity contribution in [3.05, 3.63) is 23.8 Å². The van der Waals surface area contributed by atoms with Gasteiger partial charge in [-0.2, -0.15) is 0 Å². The van der Waals surface area contributed by atoms with Gasteiger partial charge < -0.3 is 4.74 Å². The molecule has 1 aromatic rings. The zero-order chi connectivity index (χ0) is 16.3. The third-order valence-electron chi connectivity index (χ3n) is 2.44. The molecular formula is C11H15F2NO5S2. The highest BCUT2D eigenvalue weighted by Crippen LogP contribution is 2.27. The van der Waals surface area contributed by atoms with E-state index in [0.29, 0.717) is 18.6 Å². The Labute approximate surface area is 121 Å². The quantitative estimate of drug-likeness (QED) is 0.789. The molecule has 0 aliphatic rings. The van der Waals surface area contributed by atoms with E-state index in [1.807, 2.05) is 0 Å². The molecule has 2 N–H and O–H groups in total. The van der Waals surface area contributed by atoms with Crippen LogP contribution in [0.4, 0.5) is 8.78 Å². The fourth-order valence-corrected chi connectivity index (χ4v) is 3.43. The van der Waals surface area contributed by atoms with Crippen LogP contribution in [0.2, 0.25) is 0 Å². The van der Waals surface area contributed by atoms with E-state index in [1.54, 1.807) is 6.92 Å². The fraction of sp³-hybridized carbons (Fsp3) is 0.455. The normalized spacial score (nSPS) is 12.4. The highest BCUT2D eigenvalue weighted by Gasteiger charge is 2.22. The lowest BCUT2D eigenvalue weighted by atomic mass is 10.3. The maximum atomic E-state index is 13.6. The van der Waals surface area contributed by atoms with Gasteiger partial charge in [0.2, 0.25) is 10.0 Å². The van der Waals surface area contributed by atoms with Crippen LogP contribution in [0.25, 0.3) is 0 Å². The van der Waals surface area contributed by atoms with Crippen molar-refractivity contribution < 1.29 is 30.4 Å². The molecule has 0 saturated carbocycles. The van der Waals surface area contributed by atoms with E-state index in [-0.39, 0.29) is 5.75 Å². The Hall–Kier alpha value is -1.26. The van der Waals surface area contributed by atoms with Crippen LogP contribution in [0, 0.1) is 11.6 Å². The first-order valence-corrected chi connectivity index (χ1v) is 9.28. The van der Waals surface area contributed by atoms with Crippen LogP contribution in [-0.4, -0.2) is 34.9 Å². The summed E-state index contributed by atoms with van der Waals surface area (Å²) in [5.74, 6) is -3.67. The van der Waals surface area contributed by atoms with Gasteiger partial charge in [-0.3, -0.25) is 0 Å². The van der Waals surface area contributed by atoms with E-state index in [4.69, 9.17) is 9.88 Å². The molecule has 10 heteroatoms. The fourth-order valence-electron chi connectivity index (χ4n) is 1.57. The number of ether oxygens (including phenoxy) is 1. The largest absolute Gasteiger partial charge is 0.488 e. The number of hydrogen-bond acceptors (Lipinski definition) is 5. The minimum Gasteiger partial charge on any atom is -0.488 e. The Morgan fingerprint density at radius 2 is 1.76 bits per heavy atom. The number of sulfonamides is 1. The van der Waals surface area contributed by atoms with Crippen molar-refractivity contribution in [2.45, 2.75) is 18.2 Å². The van der Waals surface area contributed by atoms with E-state index < -0.39 is 54.5 Å². The Balaban J connectivity index is 2.99. The predicted molar refractivity (Wildman–Crippen MR) is 72.2 cm³/mol. The van der Waals surface area contributed by atoms with Crippen molar-refractivity contribution >= 4 is 19.9 Å². The van der Waals surface area contributed by atoms with Crippen molar-refractivity contribution in [1.82, 2.24) is 0 Å². The summed E-state index contributed by atoms with van der Waals surface area (Å²) < 4.78 is 76.9. The number of primary sulfonamides is 1. The molecule has 1 rings (SSSR count). The monoisotopic (exact) mass is 343 g/mol. The summed E-state index contributed by atoms with van der Waals surface area (Å²) in [5.41, 5.74) is 0. The van der Waals surface area contributed by atoms with Crippen LogP contribution >= 0.6 is 0 Å². The van der Waals surface area contributed by atoms with Crippen LogP contribution in [0.1, 0.15) is 13.3 Å². The maximum absolute atomic E-state index is 13.6. The molecule has 0 fully saturated rings. The number of nitrogens with two attached hydrogens (primary N) is 1. The lowest BCUT2D eigenvalue weighted by Gasteiger charge is -2.11. The minimum absolute atomic E-state index is 0.0652. The molecular weight excluding hydrogens is 328 g/mol. The zero-order valence-electron chi connectivity index (χ0n) is 11.2. The van der Waals surface area contributed by atoms with E-state index in [0.717, 1.165) is 0 Å². The van der Waals surface area contributed by atoms with Crippen molar-refractivity contribution in [3.63, 3.8) is 0 Å². The molecule has 0 unspecified atom stereocenters. The second-order valence-electron chi connectivity index (χ2n) is 4.26. The van der Waals surface area contributed by atoms with Gasteiger partial charge in [0.25, 0.3) is 0 Å². The number of benzene rings is 1. The van der Waals surface area contributed by atoms with Crippen LogP contribution in [0.3, 0.4) is 0 Å². The molecule has 0 aliphatic heterocycles. The SMILES string of the molecule is CCCS(=O)(=O)CCOc1c(F)cc(F)cc1S(N)(=O)=O. The lowest BCUT2D eigenvalue weighted by molar-refractivity contribution is 0.311. The Morgan fingerprint density at radius 3 is 2.29 bits per heavy atom. The molecule has 0 aromatic heterocycles. The van der Waals surface area contributed by atoms with Gasteiger partial charge in [0, 0.05) is 6.07 Å². The first-order valence-electron chi connectivity index (χ1n) is 5.92. The Morgan fingerprint density at radius 1 is 1.14 bits per heavy atom. The zero-order valence-corrected chi connectivity index (χ0v) is 12.8. The molecule has 0 saturated heterocycles. The van der Waals surface area contributed by atoms with Crippen LogP contribution < -0.4 is 9.88 Å². The smallest absolute Gasteiger partial charge is 0.241 e. The topological polar surface area (TPSA) is 104 Å². The van der Waals surface area contributed by atoms with Gasteiger partial charge in [0.1, 0.15) is 17.3 Å². The van der Waals surface area contributed by atoms with Gasteiger partial charge in [-0.25, -0.2) is 30.8 Å². The summed E-state index contributed by atoms with van der Waals surface area (Å²) >= 11 is 0. The molecule has 6 nitrogen and oxygen atoms in total. The number of sulfone groups is 1. The van der Waals surface area contributed by atoms with Gasteiger partial charge in [-0.1, -0.05) is 6.92 Å². The highest BCUT2D eigenvalue weighted by molar-refractivity contribution is 7.91. The minimum atomic E-state index is -4.41. The summed E-state index contributed by atoms with van der Waals surface area (Å²) in [7, 11) is -7.78. The Bertz CT molecular complexity index is 716. The van der Waals surface area contributed by atoms with Crippen LogP contribution in [-0.2, 0) is 19.9 Å². The molecule has 0 amide bonds. The second-order valence-corrected chi connectivity index (χ2v) is 8.09. The van der Waals surface area contributed by atoms with Gasteiger partial charge >= 0.3 is 0 Å². The molecule has 0 bridgehead atoms. The number of rotatable bonds is 7. The first kappa shape index (κ1) is 17.8. The van der Waals surface area contributed by atoms with E-state index in [2.05, 4.69) is 0 Å². The van der Waals surface area contributed by atoms with Gasteiger partial charge in [0.15, 0.2) is 21.4 Å². The molecule has 0 radical (unpaired) electrons. The lowest BCUT2D eigenvalue weighted by Crippen LogP contribution is -2.19. The summed E-state index contributed by atoms with van der Waals surface area (Å²) in [6, 6.07) is 0.929. The molecule has 120 valence electrons. The van der Waals surface area contributed by atoms with Crippen LogP contribution in [0.5, 0.6) is 5.75 Å². The van der Waals surface area contributed by atoms with Crippen LogP contribution in [0.15, 0.2) is 17.0 Å². The van der Waals surface area contributed by atoms with E-state index in [1.165, 1.54) is 0 Å². The first-order chi connectivity index (χ1) is 9.57. The third-order valence-corrected chi connectivity index (χ3v) is 5.17.